The van der Waals surface area contributed by atoms with Gasteiger partial charge in [0.1, 0.15) is 11.6 Å². The van der Waals surface area contributed by atoms with E-state index in [1.165, 1.54) is 12.1 Å². The zero-order valence-electron chi connectivity index (χ0n) is 15.9. The van der Waals surface area contributed by atoms with Crippen LogP contribution in [0, 0.1) is 5.82 Å². The van der Waals surface area contributed by atoms with E-state index in [1.807, 2.05) is 16.6 Å². The van der Waals surface area contributed by atoms with Crippen molar-refractivity contribution >= 4 is 29.0 Å². The van der Waals surface area contributed by atoms with Crippen LogP contribution < -0.4 is 4.90 Å². The molecule has 3 aromatic rings. The third-order valence-electron chi connectivity index (χ3n) is 5.73. The predicted molar refractivity (Wildman–Crippen MR) is 107 cm³/mol. The second-order valence-electron chi connectivity index (χ2n) is 7.73. The number of benzene rings is 1. The molecule has 1 aliphatic heterocycles. The largest absolute Gasteiger partial charge is 0.351 e. The Balaban J connectivity index is 1.25. The third kappa shape index (κ3) is 3.31. The van der Waals surface area contributed by atoms with Crippen LogP contribution in [0.3, 0.4) is 0 Å². The van der Waals surface area contributed by atoms with Crippen LogP contribution >= 0.6 is 11.6 Å². The van der Waals surface area contributed by atoms with Crippen LogP contribution in [0.2, 0.25) is 5.02 Å². The van der Waals surface area contributed by atoms with Crippen LogP contribution in [0.15, 0.2) is 30.3 Å². The number of aromatic nitrogens is 4. The maximum atomic E-state index is 14.0. The van der Waals surface area contributed by atoms with Crippen molar-refractivity contribution in [3.63, 3.8) is 0 Å². The van der Waals surface area contributed by atoms with E-state index in [4.69, 9.17) is 16.7 Å². The number of likely N-dealkylation sites (N-methyl/N-ethyl adjacent to an activating group) is 1. The molecule has 0 spiro atoms. The topological polar surface area (TPSA) is 66.6 Å². The van der Waals surface area contributed by atoms with Crippen molar-refractivity contribution in [1.82, 2.24) is 24.7 Å². The summed E-state index contributed by atoms with van der Waals surface area (Å²) in [6.07, 6.45) is 2.23. The van der Waals surface area contributed by atoms with E-state index in [0.717, 1.165) is 30.1 Å². The molecule has 0 atom stereocenters. The molecule has 9 heteroatoms. The van der Waals surface area contributed by atoms with Crippen LogP contribution in [0.4, 0.5) is 10.2 Å². The lowest BCUT2D eigenvalue weighted by Gasteiger charge is -2.44. The number of halogens is 2. The van der Waals surface area contributed by atoms with Gasteiger partial charge in [-0.1, -0.05) is 17.7 Å². The lowest BCUT2D eigenvalue weighted by atomic mass is 10.1. The van der Waals surface area contributed by atoms with Crippen molar-refractivity contribution in [3.05, 3.63) is 52.6 Å². The Hall–Kier alpha value is -2.74. The zero-order valence-corrected chi connectivity index (χ0v) is 16.7. The Kier molecular flexibility index (Phi) is 4.38. The molecule has 1 aromatic carbocycles. The molecule has 0 bridgehead atoms. The van der Waals surface area contributed by atoms with Crippen molar-refractivity contribution in [2.45, 2.75) is 31.2 Å². The van der Waals surface area contributed by atoms with Crippen molar-refractivity contribution in [2.24, 2.45) is 0 Å². The number of carbonyl (C=O) groups is 1. The summed E-state index contributed by atoms with van der Waals surface area (Å²) in [5, 5.41) is 13.4. The van der Waals surface area contributed by atoms with Crippen molar-refractivity contribution < 1.29 is 9.18 Å². The number of fused-ring (bicyclic) bond motifs is 1. The van der Waals surface area contributed by atoms with E-state index < -0.39 is 5.82 Å². The number of anilines is 1. The van der Waals surface area contributed by atoms with E-state index >= 15 is 0 Å². The molecule has 2 aromatic heterocycles. The number of carbonyl (C=O) groups excluding carboxylic acids is 1. The molecule has 7 nitrogen and oxygen atoms in total. The molecular formula is C20H20ClFN6O. The smallest absolute Gasteiger partial charge is 0.227 e. The Morgan fingerprint density at radius 2 is 2.03 bits per heavy atom. The number of hydrogen-bond acceptors (Lipinski definition) is 5. The average molecular weight is 415 g/mol. The molecule has 0 N–H and O–H groups in total. The highest BCUT2D eigenvalue weighted by atomic mass is 35.5. The summed E-state index contributed by atoms with van der Waals surface area (Å²) in [6, 6.07) is 8.35. The molecule has 1 saturated carbocycles. The van der Waals surface area contributed by atoms with Gasteiger partial charge in [0.05, 0.1) is 12.5 Å². The van der Waals surface area contributed by atoms with Crippen LogP contribution in [-0.2, 0) is 11.2 Å². The molecule has 0 unspecified atom stereocenters. The molecule has 2 fully saturated rings. The second-order valence-corrected chi connectivity index (χ2v) is 8.14. The number of nitrogens with zero attached hydrogens (tertiary/aromatic N) is 6. The molecule has 5 rings (SSSR count). The fraction of sp³-hybridized carbons (Fsp3) is 0.400. The van der Waals surface area contributed by atoms with Crippen LogP contribution in [-0.4, -0.2) is 56.8 Å². The van der Waals surface area contributed by atoms with Crippen LogP contribution in [0.5, 0.6) is 0 Å². The molecule has 1 saturated heterocycles. The maximum Gasteiger partial charge on any atom is 0.227 e. The average Bonchev–Trinajstić information content (AvgIpc) is 3.42. The highest BCUT2D eigenvalue weighted by Gasteiger charge is 2.34. The molecule has 1 amide bonds. The molecule has 150 valence electrons. The Morgan fingerprint density at radius 1 is 1.24 bits per heavy atom. The minimum atomic E-state index is -0.451. The molecule has 1 aliphatic carbocycles. The molecular weight excluding hydrogens is 395 g/mol. The van der Waals surface area contributed by atoms with E-state index in [-0.39, 0.29) is 29.0 Å². The maximum absolute atomic E-state index is 14.0. The van der Waals surface area contributed by atoms with Crippen molar-refractivity contribution in [3.8, 4) is 0 Å². The Morgan fingerprint density at radius 3 is 2.76 bits per heavy atom. The van der Waals surface area contributed by atoms with Gasteiger partial charge in [-0.05, 0) is 37.1 Å². The highest BCUT2D eigenvalue weighted by Crippen LogP contribution is 2.38. The first-order chi connectivity index (χ1) is 14.0. The summed E-state index contributed by atoms with van der Waals surface area (Å²) in [7, 11) is 1.75. The summed E-state index contributed by atoms with van der Waals surface area (Å²) in [5.74, 6) is 1.62. The van der Waals surface area contributed by atoms with Gasteiger partial charge in [0.2, 0.25) is 5.91 Å². The van der Waals surface area contributed by atoms with Gasteiger partial charge in [0.25, 0.3) is 0 Å². The molecule has 29 heavy (non-hydrogen) atoms. The van der Waals surface area contributed by atoms with Crippen LogP contribution in [0.1, 0.15) is 30.1 Å². The predicted octanol–water partition coefficient (Wildman–Crippen LogP) is 2.68. The lowest BCUT2D eigenvalue weighted by molar-refractivity contribution is -0.131. The minimum Gasteiger partial charge on any atom is -0.351 e. The van der Waals surface area contributed by atoms with Gasteiger partial charge in [-0.15, -0.1) is 15.3 Å². The first kappa shape index (κ1) is 18.3. The van der Waals surface area contributed by atoms with Gasteiger partial charge in [-0.3, -0.25) is 4.79 Å². The highest BCUT2D eigenvalue weighted by molar-refractivity contribution is 6.31. The second kappa shape index (κ2) is 6.95. The Labute approximate surface area is 172 Å². The lowest BCUT2D eigenvalue weighted by Crippen LogP contribution is -2.60. The van der Waals surface area contributed by atoms with E-state index in [1.54, 1.807) is 18.0 Å². The van der Waals surface area contributed by atoms with E-state index in [9.17, 15) is 9.18 Å². The summed E-state index contributed by atoms with van der Waals surface area (Å²) in [4.78, 5) is 16.4. The molecule has 3 heterocycles. The number of rotatable bonds is 5. The van der Waals surface area contributed by atoms with Gasteiger partial charge >= 0.3 is 0 Å². The van der Waals surface area contributed by atoms with Gasteiger partial charge < -0.3 is 9.80 Å². The van der Waals surface area contributed by atoms with Gasteiger partial charge in [-0.2, -0.15) is 4.52 Å². The first-order valence-electron chi connectivity index (χ1n) is 9.67. The third-order valence-corrected chi connectivity index (χ3v) is 6.09. The first-order valence-corrected chi connectivity index (χ1v) is 10.0. The van der Waals surface area contributed by atoms with Crippen molar-refractivity contribution in [1.29, 1.82) is 0 Å². The van der Waals surface area contributed by atoms with Gasteiger partial charge in [-0.25, -0.2) is 4.39 Å². The van der Waals surface area contributed by atoms with Crippen LogP contribution in [0.25, 0.3) is 5.65 Å². The SMILES string of the molecule is CN(C(=O)Cc1c(F)cccc1Cl)C1CN(c2ccc3nnc(C4CC4)n3n2)C1. The standard InChI is InChI=1S/C20H20ClFN6O/c1-26(19(29)9-14-15(21)3-2-4-16(14)22)13-10-27(11-13)18-8-7-17-23-24-20(12-5-6-12)28(17)25-18/h2-4,7-8,12-13H,5-6,9-11H2,1H3. The van der Waals surface area contributed by atoms with E-state index in [2.05, 4.69) is 15.1 Å². The fourth-order valence-electron chi connectivity index (χ4n) is 3.63. The number of amides is 1. The van der Waals surface area contributed by atoms with E-state index in [0.29, 0.717) is 19.0 Å². The number of hydrogen-bond donors (Lipinski definition) is 0. The monoisotopic (exact) mass is 414 g/mol. The summed E-state index contributed by atoms with van der Waals surface area (Å²) in [6.45, 7) is 1.35. The molecule has 0 radical (unpaired) electrons. The quantitative estimate of drug-likeness (QED) is 0.642. The summed E-state index contributed by atoms with van der Waals surface area (Å²) < 4.78 is 15.8. The van der Waals surface area contributed by atoms with Crippen molar-refractivity contribution in [2.75, 3.05) is 25.0 Å². The normalized spacial score (nSPS) is 16.9. The zero-order chi connectivity index (χ0) is 20.1. The minimum absolute atomic E-state index is 0.0475. The summed E-state index contributed by atoms with van der Waals surface area (Å²) in [5.41, 5.74) is 0.997. The molecule has 2 aliphatic rings. The van der Waals surface area contributed by atoms with Gasteiger partial charge in [0.15, 0.2) is 11.5 Å². The van der Waals surface area contributed by atoms with Gasteiger partial charge in [0, 0.05) is 36.6 Å². The fourth-order valence-corrected chi connectivity index (χ4v) is 3.86. The summed E-state index contributed by atoms with van der Waals surface area (Å²) >= 11 is 6.05. The Bertz CT molecular complexity index is 1070.